The monoisotopic (exact) mass is 355 g/mol. The fourth-order valence-electron chi connectivity index (χ4n) is 3.44. The molecule has 2 rings (SSSR count). The van der Waals surface area contributed by atoms with Crippen LogP contribution in [-0.4, -0.2) is 31.8 Å². The number of aliphatic imine (C=N–C) groups is 1. The Morgan fingerprint density at radius 1 is 1.00 bits per heavy atom. The Labute approximate surface area is 149 Å². The highest BCUT2D eigenvalue weighted by Crippen LogP contribution is 2.39. The first-order valence-corrected chi connectivity index (χ1v) is 13.6. The van der Waals surface area contributed by atoms with Gasteiger partial charge in [0.1, 0.15) is 0 Å². The number of rotatable bonds is 13. The predicted molar refractivity (Wildman–Crippen MR) is 107 cm³/mol. The van der Waals surface area contributed by atoms with Crippen molar-refractivity contribution in [2.45, 2.75) is 96.3 Å². The van der Waals surface area contributed by atoms with Gasteiger partial charge in [0, 0.05) is 11.7 Å². The highest BCUT2D eigenvalue weighted by atomic mass is 32.2. The Morgan fingerprint density at radius 3 is 2.04 bits per heavy atom. The van der Waals surface area contributed by atoms with Crippen molar-refractivity contribution in [1.29, 1.82) is 0 Å². The Balaban J connectivity index is 1.90. The molecule has 2 aliphatic rings. The van der Waals surface area contributed by atoms with E-state index in [0.29, 0.717) is 6.04 Å². The topological polar surface area (TPSA) is 21.6 Å². The minimum Gasteiger partial charge on any atom is -0.415 e. The first-order valence-electron chi connectivity index (χ1n) is 10.1. The van der Waals surface area contributed by atoms with E-state index in [2.05, 4.69) is 20.8 Å². The van der Waals surface area contributed by atoms with E-state index in [1.54, 1.807) is 0 Å². The smallest absolute Gasteiger partial charge is 0.192 e. The fraction of sp³-hybridized carbons (Fsp3) is 0.947. The van der Waals surface area contributed by atoms with Gasteiger partial charge in [0.05, 0.1) is 17.7 Å². The van der Waals surface area contributed by atoms with Crippen LogP contribution in [0.1, 0.15) is 72.1 Å². The first kappa shape index (κ1) is 19.5. The van der Waals surface area contributed by atoms with Crippen LogP contribution in [0.2, 0.25) is 18.1 Å². The van der Waals surface area contributed by atoms with Gasteiger partial charge in [0.2, 0.25) is 0 Å². The van der Waals surface area contributed by atoms with Gasteiger partial charge in [-0.05, 0) is 31.0 Å². The summed E-state index contributed by atoms with van der Waals surface area (Å²) in [6.07, 6.45) is 10.7. The summed E-state index contributed by atoms with van der Waals surface area (Å²) < 4.78 is 6.79. The molecule has 1 saturated carbocycles. The molecule has 1 heterocycles. The maximum atomic E-state index is 6.79. The standard InChI is InChI=1S/C19H37NOSSi/c1-4-7-12-23(13-8-5-2,14-9-6-3)21-15-18-16-22-19(20-18)17-10-11-17/h17-18H,4-16H2,1-3H3. The average molecular weight is 356 g/mol. The molecule has 134 valence electrons. The minimum atomic E-state index is -1.54. The van der Waals surface area contributed by atoms with E-state index in [0.717, 1.165) is 12.5 Å². The SMILES string of the molecule is CCCC[Si](CCCC)(CCCC)OCC1CSC(C2CC2)=N1. The van der Waals surface area contributed by atoms with Crippen LogP contribution in [-0.2, 0) is 4.43 Å². The van der Waals surface area contributed by atoms with Crippen LogP contribution in [0.4, 0.5) is 0 Å². The molecule has 4 heteroatoms. The lowest BCUT2D eigenvalue weighted by Gasteiger charge is -2.32. The summed E-state index contributed by atoms with van der Waals surface area (Å²) in [5.74, 6) is 2.00. The van der Waals surface area contributed by atoms with Gasteiger partial charge in [0.25, 0.3) is 0 Å². The molecule has 0 aromatic rings. The van der Waals surface area contributed by atoms with E-state index in [4.69, 9.17) is 9.42 Å². The van der Waals surface area contributed by atoms with Crippen LogP contribution in [0, 0.1) is 5.92 Å². The summed E-state index contributed by atoms with van der Waals surface area (Å²) in [6, 6.07) is 4.58. The molecule has 0 radical (unpaired) electrons. The van der Waals surface area contributed by atoms with E-state index in [9.17, 15) is 0 Å². The zero-order valence-electron chi connectivity index (χ0n) is 15.6. The Bertz CT molecular complexity index is 349. The Hall–Kier alpha value is 0.197. The molecule has 0 amide bonds. The molecule has 0 N–H and O–H groups in total. The van der Waals surface area contributed by atoms with Gasteiger partial charge in [-0.1, -0.05) is 59.3 Å². The van der Waals surface area contributed by atoms with Crippen molar-refractivity contribution in [3.05, 3.63) is 0 Å². The van der Waals surface area contributed by atoms with Gasteiger partial charge in [-0.15, -0.1) is 11.8 Å². The summed E-state index contributed by atoms with van der Waals surface area (Å²) in [4.78, 5) is 4.97. The molecule has 0 bridgehead atoms. The van der Waals surface area contributed by atoms with Crippen LogP contribution in [0.25, 0.3) is 0 Å². The van der Waals surface area contributed by atoms with Gasteiger partial charge in [0.15, 0.2) is 8.32 Å². The molecule has 0 saturated heterocycles. The van der Waals surface area contributed by atoms with E-state index in [1.807, 2.05) is 11.8 Å². The van der Waals surface area contributed by atoms with Gasteiger partial charge < -0.3 is 4.43 Å². The Kier molecular flexibility index (Phi) is 8.70. The molecule has 1 aliphatic heterocycles. The summed E-state index contributed by atoms with van der Waals surface area (Å²) in [7, 11) is -1.54. The second kappa shape index (κ2) is 10.2. The predicted octanol–water partition coefficient (Wildman–Crippen LogP) is 6.27. The zero-order chi connectivity index (χ0) is 16.5. The van der Waals surface area contributed by atoms with Crippen molar-refractivity contribution in [2.75, 3.05) is 12.4 Å². The summed E-state index contributed by atoms with van der Waals surface area (Å²) in [5, 5.41) is 1.45. The molecular formula is C19H37NOSSi. The molecule has 1 fully saturated rings. The second-order valence-electron chi connectivity index (χ2n) is 7.51. The van der Waals surface area contributed by atoms with Crippen LogP contribution in [0.15, 0.2) is 4.99 Å². The maximum absolute atomic E-state index is 6.79. The summed E-state index contributed by atoms with van der Waals surface area (Å²) >= 11 is 2.01. The first-order chi connectivity index (χ1) is 11.2. The molecule has 0 aromatic heterocycles. The quantitative estimate of drug-likeness (QED) is 0.363. The molecule has 0 spiro atoms. The molecule has 23 heavy (non-hydrogen) atoms. The van der Waals surface area contributed by atoms with Crippen molar-refractivity contribution in [3.8, 4) is 0 Å². The maximum Gasteiger partial charge on any atom is 0.192 e. The lowest BCUT2D eigenvalue weighted by Crippen LogP contribution is -2.40. The lowest BCUT2D eigenvalue weighted by molar-refractivity contribution is 0.277. The molecule has 1 atom stereocenters. The normalized spacial score (nSPS) is 21.7. The highest BCUT2D eigenvalue weighted by Gasteiger charge is 2.36. The van der Waals surface area contributed by atoms with E-state index in [-0.39, 0.29) is 0 Å². The van der Waals surface area contributed by atoms with Crippen molar-refractivity contribution in [2.24, 2.45) is 10.9 Å². The van der Waals surface area contributed by atoms with Gasteiger partial charge in [-0.3, -0.25) is 4.99 Å². The van der Waals surface area contributed by atoms with Crippen molar-refractivity contribution < 1.29 is 4.43 Å². The van der Waals surface area contributed by atoms with Crippen LogP contribution in [0.3, 0.4) is 0 Å². The number of unbranched alkanes of at least 4 members (excludes halogenated alkanes) is 3. The third kappa shape index (κ3) is 6.54. The van der Waals surface area contributed by atoms with Crippen LogP contribution >= 0.6 is 11.8 Å². The second-order valence-corrected chi connectivity index (χ2v) is 12.7. The number of hydrogen-bond donors (Lipinski definition) is 0. The molecule has 0 aromatic carbocycles. The fourth-order valence-corrected chi connectivity index (χ4v) is 9.39. The number of nitrogens with zero attached hydrogens (tertiary/aromatic N) is 1. The van der Waals surface area contributed by atoms with Gasteiger partial charge >= 0.3 is 0 Å². The number of thioether (sulfide) groups is 1. The highest BCUT2D eigenvalue weighted by molar-refractivity contribution is 8.14. The minimum absolute atomic E-state index is 0.451. The molecule has 1 aliphatic carbocycles. The van der Waals surface area contributed by atoms with Gasteiger partial charge in [-0.2, -0.15) is 0 Å². The van der Waals surface area contributed by atoms with Gasteiger partial charge in [-0.25, -0.2) is 0 Å². The van der Waals surface area contributed by atoms with Crippen molar-refractivity contribution >= 4 is 25.1 Å². The molecule has 2 nitrogen and oxygen atoms in total. The zero-order valence-corrected chi connectivity index (χ0v) is 17.4. The van der Waals surface area contributed by atoms with E-state index in [1.165, 1.54) is 80.3 Å². The molecular weight excluding hydrogens is 318 g/mol. The third-order valence-corrected chi connectivity index (χ3v) is 11.1. The lowest BCUT2D eigenvalue weighted by atomic mass is 10.4. The van der Waals surface area contributed by atoms with Crippen molar-refractivity contribution in [1.82, 2.24) is 0 Å². The largest absolute Gasteiger partial charge is 0.415 e. The van der Waals surface area contributed by atoms with Crippen LogP contribution < -0.4 is 0 Å². The summed E-state index contributed by atoms with van der Waals surface area (Å²) in [6.45, 7) is 7.86. The van der Waals surface area contributed by atoms with Crippen molar-refractivity contribution in [3.63, 3.8) is 0 Å². The Morgan fingerprint density at radius 2 is 1.57 bits per heavy atom. The average Bonchev–Trinajstić information content (AvgIpc) is 3.32. The van der Waals surface area contributed by atoms with E-state index < -0.39 is 8.32 Å². The summed E-state index contributed by atoms with van der Waals surface area (Å²) in [5.41, 5.74) is 0. The molecule has 1 unspecified atom stereocenters. The third-order valence-electron chi connectivity index (χ3n) is 5.20. The number of hydrogen-bond acceptors (Lipinski definition) is 3. The van der Waals surface area contributed by atoms with E-state index >= 15 is 0 Å². The van der Waals surface area contributed by atoms with Crippen LogP contribution in [0.5, 0.6) is 0 Å².